The first kappa shape index (κ1) is 12.9. The number of hydrogen-bond donors (Lipinski definition) is 1. The number of hydrogen-bond acceptors (Lipinski definition) is 4. The minimum atomic E-state index is -0.166. The minimum Gasteiger partial charge on any atom is -0.465 e. The Balaban J connectivity index is 2.26. The molecule has 0 unspecified atom stereocenters. The van der Waals surface area contributed by atoms with Gasteiger partial charge < -0.3 is 10.5 Å². The molecule has 0 fully saturated rings. The van der Waals surface area contributed by atoms with E-state index in [-0.39, 0.29) is 5.97 Å². The first-order chi connectivity index (χ1) is 7.72. The molecule has 4 heteroatoms. The van der Waals surface area contributed by atoms with Gasteiger partial charge in [0.15, 0.2) is 0 Å². The monoisotopic (exact) mass is 239 g/mol. The smallest absolute Gasteiger partial charge is 0.316 e. The van der Waals surface area contributed by atoms with Gasteiger partial charge in [-0.1, -0.05) is 19.4 Å². The Bertz CT molecular complexity index is 342. The van der Waals surface area contributed by atoms with E-state index in [1.54, 1.807) is 0 Å². The van der Waals surface area contributed by atoms with Gasteiger partial charge in [-0.2, -0.15) is 0 Å². The van der Waals surface area contributed by atoms with Crippen molar-refractivity contribution in [3.8, 4) is 0 Å². The van der Waals surface area contributed by atoms with E-state index in [0.717, 1.165) is 17.7 Å². The Morgan fingerprint density at radius 2 is 2.31 bits per heavy atom. The summed E-state index contributed by atoms with van der Waals surface area (Å²) in [6.45, 7) is 2.59. The average Bonchev–Trinajstić information content (AvgIpc) is 2.27. The summed E-state index contributed by atoms with van der Waals surface area (Å²) in [5, 5.41) is 0. The maximum atomic E-state index is 11.3. The summed E-state index contributed by atoms with van der Waals surface area (Å²) in [6, 6.07) is 7.48. The molecular formula is C12H17NO2S. The normalized spacial score (nSPS) is 10.1. The largest absolute Gasteiger partial charge is 0.465 e. The first-order valence-corrected chi connectivity index (χ1v) is 6.35. The summed E-state index contributed by atoms with van der Waals surface area (Å²) >= 11 is 1.45. The van der Waals surface area contributed by atoms with Gasteiger partial charge in [-0.25, -0.2) is 0 Å². The molecule has 0 bridgehead atoms. The van der Waals surface area contributed by atoms with Gasteiger partial charge in [-0.05, 0) is 24.6 Å². The van der Waals surface area contributed by atoms with Crippen molar-refractivity contribution in [3.63, 3.8) is 0 Å². The molecule has 0 radical (unpaired) electrons. The topological polar surface area (TPSA) is 52.3 Å². The van der Waals surface area contributed by atoms with Crippen molar-refractivity contribution < 1.29 is 9.53 Å². The number of esters is 1. The lowest BCUT2D eigenvalue weighted by Gasteiger charge is -2.04. The second-order valence-electron chi connectivity index (χ2n) is 3.44. The molecule has 1 rings (SSSR count). The predicted octanol–water partition coefficient (Wildman–Crippen LogP) is 2.70. The molecule has 0 saturated heterocycles. The Morgan fingerprint density at radius 3 is 3.00 bits per heavy atom. The molecule has 0 saturated carbocycles. The SMILES string of the molecule is CCCCOC(=O)CSc1cccc(N)c1. The van der Waals surface area contributed by atoms with Crippen LogP contribution in [-0.4, -0.2) is 18.3 Å². The van der Waals surface area contributed by atoms with Crippen LogP contribution in [0.25, 0.3) is 0 Å². The van der Waals surface area contributed by atoms with Crippen molar-refractivity contribution >= 4 is 23.4 Å². The van der Waals surface area contributed by atoms with E-state index in [0.29, 0.717) is 18.0 Å². The van der Waals surface area contributed by atoms with Crippen molar-refractivity contribution in [3.05, 3.63) is 24.3 Å². The summed E-state index contributed by atoms with van der Waals surface area (Å²) in [6.07, 6.45) is 1.96. The van der Waals surface area contributed by atoms with Gasteiger partial charge in [0.05, 0.1) is 12.4 Å². The van der Waals surface area contributed by atoms with Crippen LogP contribution in [0.4, 0.5) is 5.69 Å². The van der Waals surface area contributed by atoms with Crippen molar-refractivity contribution in [2.24, 2.45) is 0 Å². The molecule has 3 nitrogen and oxygen atoms in total. The highest BCUT2D eigenvalue weighted by Gasteiger charge is 2.03. The number of carbonyl (C=O) groups excluding carboxylic acids is 1. The highest BCUT2D eigenvalue weighted by molar-refractivity contribution is 8.00. The molecule has 1 aromatic rings. The predicted molar refractivity (Wildman–Crippen MR) is 67.4 cm³/mol. The number of benzene rings is 1. The molecule has 0 amide bonds. The molecule has 1 aromatic carbocycles. The van der Waals surface area contributed by atoms with Crippen LogP contribution in [0.5, 0.6) is 0 Å². The van der Waals surface area contributed by atoms with Crippen LogP contribution >= 0.6 is 11.8 Å². The summed E-state index contributed by atoms with van der Waals surface area (Å²) in [4.78, 5) is 12.3. The zero-order valence-corrected chi connectivity index (χ0v) is 10.3. The second kappa shape index (κ2) is 7.17. The standard InChI is InChI=1S/C12H17NO2S/c1-2-3-7-15-12(14)9-16-11-6-4-5-10(13)8-11/h4-6,8H,2-3,7,9,13H2,1H3. The lowest BCUT2D eigenvalue weighted by atomic mass is 10.3. The van der Waals surface area contributed by atoms with Gasteiger partial charge in [0, 0.05) is 10.6 Å². The van der Waals surface area contributed by atoms with E-state index in [4.69, 9.17) is 10.5 Å². The van der Waals surface area contributed by atoms with E-state index >= 15 is 0 Å². The van der Waals surface area contributed by atoms with Crippen molar-refractivity contribution in [1.82, 2.24) is 0 Å². The molecule has 16 heavy (non-hydrogen) atoms. The fraction of sp³-hybridized carbons (Fsp3) is 0.417. The number of rotatable bonds is 6. The van der Waals surface area contributed by atoms with Crippen LogP contribution in [0.1, 0.15) is 19.8 Å². The number of carbonyl (C=O) groups is 1. The van der Waals surface area contributed by atoms with Gasteiger partial charge in [0.2, 0.25) is 0 Å². The van der Waals surface area contributed by atoms with Crippen LogP contribution in [-0.2, 0) is 9.53 Å². The van der Waals surface area contributed by atoms with Crippen LogP contribution in [0.15, 0.2) is 29.2 Å². The molecule has 2 N–H and O–H groups in total. The van der Waals surface area contributed by atoms with Crippen molar-refractivity contribution in [2.45, 2.75) is 24.7 Å². The zero-order valence-electron chi connectivity index (χ0n) is 9.44. The number of unbranched alkanes of at least 4 members (excludes halogenated alkanes) is 1. The number of anilines is 1. The Morgan fingerprint density at radius 1 is 1.50 bits per heavy atom. The van der Waals surface area contributed by atoms with Crippen LogP contribution < -0.4 is 5.73 Å². The maximum Gasteiger partial charge on any atom is 0.316 e. The molecule has 0 aliphatic heterocycles. The van der Waals surface area contributed by atoms with E-state index in [1.165, 1.54) is 11.8 Å². The quantitative estimate of drug-likeness (QED) is 0.359. The summed E-state index contributed by atoms with van der Waals surface area (Å²) < 4.78 is 5.04. The molecule has 0 aliphatic rings. The number of ether oxygens (including phenoxy) is 1. The molecule has 0 spiro atoms. The number of nitrogens with two attached hydrogens (primary N) is 1. The number of nitrogen functional groups attached to an aromatic ring is 1. The van der Waals surface area contributed by atoms with Crippen molar-refractivity contribution in [2.75, 3.05) is 18.1 Å². The third-order valence-corrected chi connectivity index (χ3v) is 2.94. The fourth-order valence-corrected chi connectivity index (χ4v) is 1.88. The van der Waals surface area contributed by atoms with Crippen LogP contribution in [0.3, 0.4) is 0 Å². The summed E-state index contributed by atoms with van der Waals surface area (Å²) in [5.74, 6) is 0.175. The van der Waals surface area contributed by atoms with Crippen LogP contribution in [0, 0.1) is 0 Å². The molecule has 88 valence electrons. The van der Waals surface area contributed by atoms with Crippen molar-refractivity contribution in [1.29, 1.82) is 0 Å². The van der Waals surface area contributed by atoms with Gasteiger partial charge in [-0.3, -0.25) is 4.79 Å². The summed E-state index contributed by atoms with van der Waals surface area (Å²) in [7, 11) is 0. The summed E-state index contributed by atoms with van der Waals surface area (Å²) in [5.41, 5.74) is 6.35. The maximum absolute atomic E-state index is 11.3. The molecule has 0 atom stereocenters. The highest BCUT2D eigenvalue weighted by atomic mass is 32.2. The van der Waals surface area contributed by atoms with Crippen LogP contribution in [0.2, 0.25) is 0 Å². The van der Waals surface area contributed by atoms with Gasteiger partial charge in [0.25, 0.3) is 0 Å². The third-order valence-electron chi connectivity index (χ3n) is 1.98. The lowest BCUT2D eigenvalue weighted by molar-refractivity contribution is -0.140. The lowest BCUT2D eigenvalue weighted by Crippen LogP contribution is -2.08. The zero-order chi connectivity index (χ0) is 11.8. The van der Waals surface area contributed by atoms with E-state index in [1.807, 2.05) is 24.3 Å². The fourth-order valence-electron chi connectivity index (χ4n) is 1.12. The molecule has 0 heterocycles. The highest BCUT2D eigenvalue weighted by Crippen LogP contribution is 2.20. The number of thioether (sulfide) groups is 1. The minimum absolute atomic E-state index is 0.166. The molecule has 0 aromatic heterocycles. The first-order valence-electron chi connectivity index (χ1n) is 5.36. The van der Waals surface area contributed by atoms with Gasteiger partial charge >= 0.3 is 5.97 Å². The Hall–Kier alpha value is -1.16. The molecule has 0 aliphatic carbocycles. The van der Waals surface area contributed by atoms with E-state index < -0.39 is 0 Å². The van der Waals surface area contributed by atoms with Gasteiger partial charge in [0.1, 0.15) is 0 Å². The van der Waals surface area contributed by atoms with E-state index in [2.05, 4.69) is 6.92 Å². The second-order valence-corrected chi connectivity index (χ2v) is 4.48. The molecular weight excluding hydrogens is 222 g/mol. The third kappa shape index (κ3) is 5.07. The Kier molecular flexibility index (Phi) is 5.78. The van der Waals surface area contributed by atoms with E-state index in [9.17, 15) is 4.79 Å². The van der Waals surface area contributed by atoms with Gasteiger partial charge in [-0.15, -0.1) is 11.8 Å². The average molecular weight is 239 g/mol. The Labute approximate surface area is 100 Å².